The number of likely N-dealkylation sites (N-methyl/N-ethyl adjacent to an activating group) is 2. The Balaban J connectivity index is 4.12. The Morgan fingerprint density at radius 2 is 1.67 bits per heavy atom. The highest BCUT2D eigenvalue weighted by molar-refractivity contribution is 5.82. The predicted octanol–water partition coefficient (Wildman–Crippen LogP) is -0.469. The Morgan fingerprint density at radius 1 is 1.13 bits per heavy atom. The molecule has 2 amide bonds. The second-order valence-electron chi connectivity index (χ2n) is 3.90. The minimum atomic E-state index is -0.274. The molecule has 15 heavy (non-hydrogen) atoms. The van der Waals surface area contributed by atoms with Gasteiger partial charge in [-0.3, -0.25) is 9.59 Å². The van der Waals surface area contributed by atoms with Gasteiger partial charge < -0.3 is 15.1 Å². The largest absolute Gasteiger partial charge is 0.349 e. The smallest absolute Gasteiger partial charge is 0.239 e. The van der Waals surface area contributed by atoms with Gasteiger partial charge in [0.25, 0.3) is 0 Å². The van der Waals surface area contributed by atoms with Crippen molar-refractivity contribution in [2.24, 2.45) is 0 Å². The van der Waals surface area contributed by atoms with E-state index in [0.717, 1.165) is 0 Å². The van der Waals surface area contributed by atoms with Gasteiger partial charge in [-0.2, -0.15) is 0 Å². The zero-order valence-electron chi connectivity index (χ0n) is 10.2. The van der Waals surface area contributed by atoms with Crippen molar-refractivity contribution in [1.82, 2.24) is 15.1 Å². The van der Waals surface area contributed by atoms with E-state index in [-0.39, 0.29) is 17.9 Å². The van der Waals surface area contributed by atoms with Crippen LogP contribution in [0, 0.1) is 0 Å². The highest BCUT2D eigenvalue weighted by atomic mass is 16.2. The molecule has 0 aliphatic carbocycles. The Labute approximate surface area is 91.4 Å². The molecule has 0 aromatic heterocycles. The van der Waals surface area contributed by atoms with Crippen LogP contribution in [-0.4, -0.2) is 62.9 Å². The van der Waals surface area contributed by atoms with Gasteiger partial charge in [-0.25, -0.2) is 0 Å². The number of nitrogens with one attached hydrogen (secondary N) is 1. The zero-order chi connectivity index (χ0) is 12.0. The molecule has 0 aromatic carbocycles. The molecular weight excluding hydrogens is 194 g/mol. The van der Waals surface area contributed by atoms with Gasteiger partial charge in [-0.1, -0.05) is 0 Å². The lowest BCUT2D eigenvalue weighted by Gasteiger charge is -2.20. The summed E-state index contributed by atoms with van der Waals surface area (Å²) in [6.45, 7) is 0. The van der Waals surface area contributed by atoms with Crippen LogP contribution in [-0.2, 0) is 9.59 Å². The van der Waals surface area contributed by atoms with Gasteiger partial charge in [0.15, 0.2) is 0 Å². The molecule has 0 rings (SSSR count). The van der Waals surface area contributed by atoms with Gasteiger partial charge in [-0.05, 0) is 13.5 Å². The lowest BCUT2D eigenvalue weighted by Crippen LogP contribution is -2.42. The number of rotatable bonds is 5. The quantitative estimate of drug-likeness (QED) is 0.674. The van der Waals surface area contributed by atoms with Gasteiger partial charge in [0.05, 0.1) is 6.04 Å². The molecule has 0 heterocycles. The first-order valence-electron chi connectivity index (χ1n) is 4.98. The number of carbonyl (C=O) groups is 2. The van der Waals surface area contributed by atoms with Crippen molar-refractivity contribution in [3.05, 3.63) is 0 Å². The fourth-order valence-corrected chi connectivity index (χ4v) is 1.19. The van der Waals surface area contributed by atoms with Gasteiger partial charge in [0.1, 0.15) is 0 Å². The lowest BCUT2D eigenvalue weighted by atomic mass is 10.1. The second-order valence-corrected chi connectivity index (χ2v) is 3.90. The molecule has 0 bridgehead atoms. The van der Waals surface area contributed by atoms with Crippen LogP contribution in [0.2, 0.25) is 0 Å². The summed E-state index contributed by atoms with van der Waals surface area (Å²) < 4.78 is 0. The average Bonchev–Trinajstić information content (AvgIpc) is 2.17. The number of carbonyl (C=O) groups excluding carboxylic acids is 2. The fourth-order valence-electron chi connectivity index (χ4n) is 1.19. The van der Waals surface area contributed by atoms with E-state index in [4.69, 9.17) is 0 Å². The third-order valence-corrected chi connectivity index (χ3v) is 2.23. The van der Waals surface area contributed by atoms with Crippen molar-refractivity contribution in [3.8, 4) is 0 Å². The van der Waals surface area contributed by atoms with E-state index in [1.165, 1.54) is 9.80 Å². The molecule has 5 heteroatoms. The minimum Gasteiger partial charge on any atom is -0.349 e. The third kappa shape index (κ3) is 4.78. The third-order valence-electron chi connectivity index (χ3n) is 2.23. The number of amides is 2. The van der Waals surface area contributed by atoms with Crippen LogP contribution < -0.4 is 5.32 Å². The zero-order valence-corrected chi connectivity index (χ0v) is 10.2. The molecule has 0 aliphatic heterocycles. The topological polar surface area (TPSA) is 52.7 Å². The van der Waals surface area contributed by atoms with Crippen molar-refractivity contribution < 1.29 is 9.59 Å². The summed E-state index contributed by atoms with van der Waals surface area (Å²) >= 11 is 0. The lowest BCUT2D eigenvalue weighted by molar-refractivity contribution is -0.132. The Hall–Kier alpha value is -1.10. The monoisotopic (exact) mass is 215 g/mol. The van der Waals surface area contributed by atoms with E-state index in [2.05, 4.69) is 5.32 Å². The average molecular weight is 215 g/mol. The summed E-state index contributed by atoms with van der Waals surface area (Å²) in [6, 6.07) is -0.274. The summed E-state index contributed by atoms with van der Waals surface area (Å²) in [5.41, 5.74) is 0. The first-order valence-corrected chi connectivity index (χ1v) is 4.98. The van der Waals surface area contributed by atoms with Crippen LogP contribution in [0.25, 0.3) is 0 Å². The van der Waals surface area contributed by atoms with E-state index in [1.54, 1.807) is 35.2 Å². The van der Waals surface area contributed by atoms with Crippen LogP contribution >= 0.6 is 0 Å². The molecule has 0 aliphatic rings. The first kappa shape index (κ1) is 13.9. The van der Waals surface area contributed by atoms with E-state index in [1.807, 2.05) is 0 Å². The summed E-state index contributed by atoms with van der Waals surface area (Å²) in [5, 5.41) is 2.92. The maximum atomic E-state index is 11.6. The molecule has 0 radical (unpaired) electrons. The van der Waals surface area contributed by atoms with Crippen LogP contribution in [0.1, 0.15) is 12.8 Å². The molecule has 0 saturated heterocycles. The maximum Gasteiger partial charge on any atom is 0.239 e. The number of nitrogens with zero attached hydrogens (tertiary/aromatic N) is 2. The number of hydrogen-bond donors (Lipinski definition) is 1. The SMILES string of the molecule is CNC(CCC(=O)N(C)C)C(=O)N(C)C. The van der Waals surface area contributed by atoms with E-state index in [9.17, 15) is 9.59 Å². The molecule has 88 valence electrons. The molecule has 5 nitrogen and oxygen atoms in total. The van der Waals surface area contributed by atoms with E-state index in [0.29, 0.717) is 12.8 Å². The Morgan fingerprint density at radius 3 is 2.00 bits per heavy atom. The fraction of sp³-hybridized carbons (Fsp3) is 0.800. The Bertz CT molecular complexity index is 227. The van der Waals surface area contributed by atoms with E-state index >= 15 is 0 Å². The van der Waals surface area contributed by atoms with Crippen molar-refractivity contribution in [2.75, 3.05) is 35.2 Å². The van der Waals surface area contributed by atoms with E-state index < -0.39 is 0 Å². The molecule has 0 aromatic rings. The van der Waals surface area contributed by atoms with Gasteiger partial charge in [0, 0.05) is 34.6 Å². The standard InChI is InChI=1S/C10H21N3O2/c1-11-8(10(15)13(4)5)6-7-9(14)12(2)3/h8,11H,6-7H2,1-5H3. The van der Waals surface area contributed by atoms with Gasteiger partial charge in [0.2, 0.25) is 11.8 Å². The van der Waals surface area contributed by atoms with Crippen LogP contribution in [0.4, 0.5) is 0 Å². The van der Waals surface area contributed by atoms with Crippen LogP contribution in [0.15, 0.2) is 0 Å². The molecule has 1 N–H and O–H groups in total. The second kappa shape index (κ2) is 6.40. The molecule has 0 spiro atoms. The summed E-state index contributed by atoms with van der Waals surface area (Å²) in [7, 11) is 8.57. The highest BCUT2D eigenvalue weighted by Gasteiger charge is 2.19. The Kier molecular flexibility index (Phi) is 5.93. The maximum absolute atomic E-state index is 11.6. The van der Waals surface area contributed by atoms with Crippen molar-refractivity contribution in [1.29, 1.82) is 0 Å². The minimum absolute atomic E-state index is 0.00376. The molecular formula is C10H21N3O2. The summed E-state index contributed by atoms with van der Waals surface area (Å²) in [5.74, 6) is 0.0471. The summed E-state index contributed by atoms with van der Waals surface area (Å²) in [6.07, 6.45) is 0.919. The highest BCUT2D eigenvalue weighted by Crippen LogP contribution is 2.01. The molecule has 0 saturated carbocycles. The molecule has 1 unspecified atom stereocenters. The van der Waals surface area contributed by atoms with Crippen LogP contribution in [0.5, 0.6) is 0 Å². The summed E-state index contributed by atoms with van der Waals surface area (Å²) in [4.78, 5) is 26.0. The number of hydrogen-bond acceptors (Lipinski definition) is 3. The normalized spacial score (nSPS) is 12.1. The van der Waals surface area contributed by atoms with Crippen molar-refractivity contribution >= 4 is 11.8 Å². The van der Waals surface area contributed by atoms with Gasteiger partial charge in [-0.15, -0.1) is 0 Å². The van der Waals surface area contributed by atoms with Crippen molar-refractivity contribution in [2.45, 2.75) is 18.9 Å². The van der Waals surface area contributed by atoms with Crippen LogP contribution in [0.3, 0.4) is 0 Å². The van der Waals surface area contributed by atoms with Gasteiger partial charge >= 0.3 is 0 Å². The predicted molar refractivity (Wildman–Crippen MR) is 59.5 cm³/mol. The molecule has 1 atom stereocenters. The van der Waals surface area contributed by atoms with Crippen molar-refractivity contribution in [3.63, 3.8) is 0 Å². The molecule has 0 fully saturated rings. The first-order chi connectivity index (χ1) is 6.90.